The zero-order valence-corrected chi connectivity index (χ0v) is 11.1. The van der Waals surface area contributed by atoms with Gasteiger partial charge in [0.2, 0.25) is 0 Å². The van der Waals surface area contributed by atoms with Gasteiger partial charge in [-0.25, -0.2) is 4.79 Å². The maximum atomic E-state index is 12.1. The van der Waals surface area contributed by atoms with Crippen LogP contribution in [0.1, 0.15) is 33.2 Å². The van der Waals surface area contributed by atoms with Crippen LogP contribution in [0.15, 0.2) is 48.5 Å². The molecule has 0 atom stereocenters. The van der Waals surface area contributed by atoms with Crippen LogP contribution in [-0.4, -0.2) is 17.0 Å². The van der Waals surface area contributed by atoms with Crippen LogP contribution in [0.5, 0.6) is 0 Å². The standard InChI is InChI=1S/C16H15NO3/c1-2-11-5-3-8-14(9-11)17-15(18)12-6-4-7-13(10-12)16(19)20/h3-10H,2H2,1H3,(H,17,18)(H,19,20). The van der Waals surface area contributed by atoms with Gasteiger partial charge in [0.05, 0.1) is 5.56 Å². The van der Waals surface area contributed by atoms with Gasteiger partial charge in [-0.15, -0.1) is 0 Å². The highest BCUT2D eigenvalue weighted by Gasteiger charge is 2.09. The number of aromatic carboxylic acids is 1. The Balaban J connectivity index is 2.19. The van der Waals surface area contributed by atoms with E-state index in [4.69, 9.17) is 5.11 Å². The van der Waals surface area contributed by atoms with Crippen molar-refractivity contribution in [1.29, 1.82) is 0 Å². The fourth-order valence-corrected chi connectivity index (χ4v) is 1.87. The Morgan fingerprint density at radius 1 is 1.05 bits per heavy atom. The molecule has 2 aromatic rings. The maximum absolute atomic E-state index is 12.1. The van der Waals surface area contributed by atoms with Gasteiger partial charge in [-0.2, -0.15) is 0 Å². The van der Waals surface area contributed by atoms with E-state index in [0.717, 1.165) is 12.0 Å². The molecule has 4 heteroatoms. The minimum absolute atomic E-state index is 0.0972. The van der Waals surface area contributed by atoms with Gasteiger partial charge in [0.25, 0.3) is 5.91 Å². The SMILES string of the molecule is CCc1cccc(NC(=O)c2cccc(C(=O)O)c2)c1. The van der Waals surface area contributed by atoms with Gasteiger partial charge in [-0.1, -0.05) is 25.1 Å². The second-order valence-electron chi connectivity index (χ2n) is 4.39. The zero-order valence-electron chi connectivity index (χ0n) is 11.1. The summed E-state index contributed by atoms with van der Waals surface area (Å²) in [7, 11) is 0. The molecule has 0 spiro atoms. The number of hydrogen-bond acceptors (Lipinski definition) is 2. The Labute approximate surface area is 117 Å². The van der Waals surface area contributed by atoms with E-state index in [-0.39, 0.29) is 11.5 Å². The lowest BCUT2D eigenvalue weighted by molar-refractivity contribution is 0.0697. The number of amides is 1. The van der Waals surface area contributed by atoms with Gasteiger partial charge >= 0.3 is 5.97 Å². The lowest BCUT2D eigenvalue weighted by atomic mass is 10.1. The van der Waals surface area contributed by atoms with Crippen molar-refractivity contribution >= 4 is 17.6 Å². The molecule has 0 heterocycles. The first kappa shape index (κ1) is 13.8. The molecule has 0 radical (unpaired) electrons. The predicted octanol–water partition coefficient (Wildman–Crippen LogP) is 3.20. The molecule has 0 saturated heterocycles. The predicted molar refractivity (Wildman–Crippen MR) is 77.2 cm³/mol. The Kier molecular flexibility index (Phi) is 4.15. The molecule has 2 aromatic carbocycles. The summed E-state index contributed by atoms with van der Waals surface area (Å²) in [5.74, 6) is -1.37. The summed E-state index contributed by atoms with van der Waals surface area (Å²) < 4.78 is 0. The lowest BCUT2D eigenvalue weighted by Gasteiger charge is -2.07. The van der Waals surface area contributed by atoms with E-state index in [0.29, 0.717) is 11.3 Å². The summed E-state index contributed by atoms with van der Waals surface area (Å²) >= 11 is 0. The van der Waals surface area contributed by atoms with Crippen molar-refractivity contribution in [3.8, 4) is 0 Å². The Morgan fingerprint density at radius 3 is 2.45 bits per heavy atom. The van der Waals surface area contributed by atoms with Crippen LogP contribution < -0.4 is 5.32 Å². The van der Waals surface area contributed by atoms with Crippen molar-refractivity contribution in [3.63, 3.8) is 0 Å². The molecule has 4 nitrogen and oxygen atoms in total. The monoisotopic (exact) mass is 269 g/mol. The normalized spacial score (nSPS) is 10.1. The fraction of sp³-hybridized carbons (Fsp3) is 0.125. The molecule has 0 aromatic heterocycles. The second-order valence-corrected chi connectivity index (χ2v) is 4.39. The topological polar surface area (TPSA) is 66.4 Å². The quantitative estimate of drug-likeness (QED) is 0.895. The molecule has 0 unspecified atom stereocenters. The van der Waals surface area contributed by atoms with Crippen LogP contribution in [0.2, 0.25) is 0 Å². The second kappa shape index (κ2) is 6.02. The number of anilines is 1. The van der Waals surface area contributed by atoms with Crippen LogP contribution >= 0.6 is 0 Å². The summed E-state index contributed by atoms with van der Waals surface area (Å²) in [6, 6.07) is 13.5. The number of hydrogen-bond donors (Lipinski definition) is 2. The number of nitrogens with one attached hydrogen (secondary N) is 1. The molecule has 20 heavy (non-hydrogen) atoms. The highest BCUT2D eigenvalue weighted by molar-refractivity contribution is 6.05. The van der Waals surface area contributed by atoms with E-state index in [9.17, 15) is 9.59 Å². The molecule has 0 aliphatic heterocycles. The maximum Gasteiger partial charge on any atom is 0.335 e. The summed E-state index contributed by atoms with van der Waals surface area (Å²) in [5.41, 5.74) is 2.25. The van der Waals surface area contributed by atoms with Gasteiger partial charge in [0.1, 0.15) is 0 Å². The molecule has 0 aliphatic rings. The zero-order chi connectivity index (χ0) is 14.5. The van der Waals surface area contributed by atoms with Crippen molar-refractivity contribution in [1.82, 2.24) is 0 Å². The molecule has 102 valence electrons. The number of carboxylic acid groups (broad SMARTS) is 1. The minimum Gasteiger partial charge on any atom is -0.478 e. The van der Waals surface area contributed by atoms with Gasteiger partial charge in [0.15, 0.2) is 0 Å². The van der Waals surface area contributed by atoms with E-state index in [1.165, 1.54) is 12.1 Å². The number of carbonyl (C=O) groups is 2. The lowest BCUT2D eigenvalue weighted by Crippen LogP contribution is -2.12. The average Bonchev–Trinajstić information content (AvgIpc) is 2.47. The van der Waals surface area contributed by atoms with E-state index in [2.05, 4.69) is 5.32 Å². The molecule has 0 aliphatic carbocycles. The van der Waals surface area contributed by atoms with Crippen molar-refractivity contribution in [3.05, 3.63) is 65.2 Å². The molecular formula is C16H15NO3. The van der Waals surface area contributed by atoms with Gasteiger partial charge in [-0.3, -0.25) is 4.79 Å². The Hall–Kier alpha value is -2.62. The first-order valence-electron chi connectivity index (χ1n) is 6.34. The number of aryl methyl sites for hydroxylation is 1. The first-order chi connectivity index (χ1) is 9.60. The highest BCUT2D eigenvalue weighted by Crippen LogP contribution is 2.13. The number of rotatable bonds is 4. The largest absolute Gasteiger partial charge is 0.478 e. The molecule has 1 amide bonds. The van der Waals surface area contributed by atoms with Crippen LogP contribution in [0.25, 0.3) is 0 Å². The number of benzene rings is 2. The van der Waals surface area contributed by atoms with E-state index in [1.54, 1.807) is 18.2 Å². The van der Waals surface area contributed by atoms with Crippen LogP contribution in [0.4, 0.5) is 5.69 Å². The third kappa shape index (κ3) is 3.23. The fourth-order valence-electron chi connectivity index (χ4n) is 1.87. The first-order valence-corrected chi connectivity index (χ1v) is 6.34. The van der Waals surface area contributed by atoms with E-state index < -0.39 is 5.97 Å². The van der Waals surface area contributed by atoms with Crippen molar-refractivity contribution in [2.75, 3.05) is 5.32 Å². The van der Waals surface area contributed by atoms with Crippen LogP contribution in [0, 0.1) is 0 Å². The molecule has 2 rings (SSSR count). The minimum atomic E-state index is -1.05. The molecular weight excluding hydrogens is 254 g/mol. The average molecular weight is 269 g/mol. The summed E-state index contributed by atoms with van der Waals surface area (Å²) in [6.07, 6.45) is 0.887. The van der Waals surface area contributed by atoms with Crippen LogP contribution in [-0.2, 0) is 6.42 Å². The Bertz CT molecular complexity index is 650. The van der Waals surface area contributed by atoms with Crippen LogP contribution in [0.3, 0.4) is 0 Å². The smallest absolute Gasteiger partial charge is 0.335 e. The van der Waals surface area contributed by atoms with E-state index in [1.807, 2.05) is 25.1 Å². The summed E-state index contributed by atoms with van der Waals surface area (Å²) in [5, 5.41) is 11.7. The van der Waals surface area contributed by atoms with Gasteiger partial charge in [-0.05, 0) is 42.3 Å². The molecule has 0 saturated carbocycles. The highest BCUT2D eigenvalue weighted by atomic mass is 16.4. The molecule has 2 N–H and O–H groups in total. The third-order valence-corrected chi connectivity index (χ3v) is 2.96. The molecule has 0 bridgehead atoms. The summed E-state index contributed by atoms with van der Waals surface area (Å²) in [6.45, 7) is 2.04. The van der Waals surface area contributed by atoms with Crippen molar-refractivity contribution in [2.24, 2.45) is 0 Å². The third-order valence-electron chi connectivity index (χ3n) is 2.96. The Morgan fingerprint density at radius 2 is 1.75 bits per heavy atom. The van der Waals surface area contributed by atoms with Gasteiger partial charge in [0, 0.05) is 11.3 Å². The van der Waals surface area contributed by atoms with Crippen molar-refractivity contribution in [2.45, 2.75) is 13.3 Å². The number of carbonyl (C=O) groups excluding carboxylic acids is 1. The van der Waals surface area contributed by atoms with E-state index >= 15 is 0 Å². The number of carboxylic acids is 1. The molecule has 0 fully saturated rings. The van der Waals surface area contributed by atoms with Gasteiger partial charge < -0.3 is 10.4 Å². The summed E-state index contributed by atoms with van der Waals surface area (Å²) in [4.78, 5) is 23.0. The van der Waals surface area contributed by atoms with Crippen molar-refractivity contribution < 1.29 is 14.7 Å².